The van der Waals surface area contributed by atoms with Crippen molar-refractivity contribution in [2.75, 3.05) is 20.3 Å². The Kier molecular flexibility index (Phi) is 9.07. The molecule has 0 aromatic heterocycles. The van der Waals surface area contributed by atoms with Crippen molar-refractivity contribution in [1.29, 1.82) is 0 Å². The molecule has 1 saturated carbocycles. The topological polar surface area (TPSA) is 27.7 Å². The summed E-state index contributed by atoms with van der Waals surface area (Å²) in [7, 11) is 1.34. The lowest BCUT2D eigenvalue weighted by atomic mass is 9.73. The molecule has 5 heteroatoms. The zero-order chi connectivity index (χ0) is 19.8. The number of ether oxygens (including phenoxy) is 3. The van der Waals surface area contributed by atoms with Crippen LogP contribution in [0, 0.1) is 17.8 Å². The third kappa shape index (κ3) is 6.20. The molecular weight excluding hydrogens is 350 g/mol. The van der Waals surface area contributed by atoms with Gasteiger partial charge in [0.1, 0.15) is 18.1 Å². The molecule has 2 fully saturated rings. The number of halogens is 2. The summed E-state index contributed by atoms with van der Waals surface area (Å²) >= 11 is 0. The van der Waals surface area contributed by atoms with Crippen LogP contribution in [-0.4, -0.2) is 26.4 Å². The van der Waals surface area contributed by atoms with Crippen molar-refractivity contribution < 1.29 is 23.0 Å². The molecule has 0 radical (unpaired) electrons. The van der Waals surface area contributed by atoms with Crippen LogP contribution in [-0.2, 0) is 14.2 Å². The van der Waals surface area contributed by atoms with Crippen molar-refractivity contribution >= 4 is 0 Å². The average Bonchev–Trinajstić information content (AvgIpc) is 2.72. The molecule has 0 N–H and O–H groups in total. The monoisotopic (exact) mass is 386 g/mol. The van der Waals surface area contributed by atoms with E-state index in [9.17, 15) is 8.78 Å². The molecule has 156 valence electrons. The van der Waals surface area contributed by atoms with Crippen LogP contribution >= 0.6 is 0 Å². The molecule has 0 amide bonds. The molecule has 1 saturated heterocycles. The lowest BCUT2D eigenvalue weighted by Gasteiger charge is -2.37. The SMILES string of the molecule is CC/C(OC)=C(F)\C(F)=C(/C)OCC1CCC(C2CCC(CC)CC2)CO1. The summed E-state index contributed by atoms with van der Waals surface area (Å²) in [5.74, 6) is 0.303. The van der Waals surface area contributed by atoms with Crippen LogP contribution < -0.4 is 0 Å². The van der Waals surface area contributed by atoms with Gasteiger partial charge in [0.25, 0.3) is 0 Å². The first-order chi connectivity index (χ1) is 13.0. The second kappa shape index (κ2) is 11.0. The molecule has 1 aliphatic carbocycles. The van der Waals surface area contributed by atoms with Crippen LogP contribution in [0.4, 0.5) is 8.78 Å². The Morgan fingerprint density at radius 2 is 1.63 bits per heavy atom. The van der Waals surface area contributed by atoms with Gasteiger partial charge in [-0.3, -0.25) is 0 Å². The third-order valence-electron chi connectivity index (χ3n) is 6.34. The van der Waals surface area contributed by atoms with Crippen molar-refractivity contribution in [2.24, 2.45) is 17.8 Å². The first kappa shape index (κ1) is 22.2. The minimum atomic E-state index is -0.991. The van der Waals surface area contributed by atoms with Crippen molar-refractivity contribution in [2.45, 2.75) is 78.2 Å². The molecule has 2 aliphatic rings. The minimum Gasteiger partial charge on any atom is -0.498 e. The second-order valence-corrected chi connectivity index (χ2v) is 7.96. The second-order valence-electron chi connectivity index (χ2n) is 7.96. The fourth-order valence-corrected chi connectivity index (χ4v) is 4.34. The predicted octanol–water partition coefficient (Wildman–Crippen LogP) is 6.45. The Hall–Kier alpha value is -1.10. The maximum atomic E-state index is 14.1. The smallest absolute Gasteiger partial charge is 0.199 e. The van der Waals surface area contributed by atoms with E-state index in [1.165, 1.54) is 46.1 Å². The largest absolute Gasteiger partial charge is 0.498 e. The van der Waals surface area contributed by atoms with E-state index in [1.54, 1.807) is 6.92 Å². The zero-order valence-corrected chi connectivity index (χ0v) is 17.4. The Balaban J connectivity index is 1.77. The number of hydrogen-bond acceptors (Lipinski definition) is 3. The van der Waals surface area contributed by atoms with Crippen molar-refractivity contribution in [3.8, 4) is 0 Å². The summed E-state index contributed by atoms with van der Waals surface area (Å²) in [5.41, 5.74) is 0. The van der Waals surface area contributed by atoms with Gasteiger partial charge in [0.2, 0.25) is 0 Å². The number of hydrogen-bond donors (Lipinski definition) is 0. The van der Waals surface area contributed by atoms with E-state index >= 15 is 0 Å². The molecule has 2 atom stereocenters. The summed E-state index contributed by atoms with van der Waals surface area (Å²) in [4.78, 5) is 0. The van der Waals surface area contributed by atoms with E-state index in [1.807, 2.05) is 0 Å². The number of allylic oxidation sites excluding steroid dienone is 4. The molecule has 0 aromatic carbocycles. The van der Waals surface area contributed by atoms with Crippen LogP contribution in [0.5, 0.6) is 0 Å². The fourth-order valence-electron chi connectivity index (χ4n) is 4.34. The Labute approximate surface area is 163 Å². The van der Waals surface area contributed by atoms with Crippen molar-refractivity contribution in [1.82, 2.24) is 0 Å². The van der Waals surface area contributed by atoms with Gasteiger partial charge in [-0.15, -0.1) is 0 Å². The fraction of sp³-hybridized carbons (Fsp3) is 0.818. The van der Waals surface area contributed by atoms with Crippen LogP contribution in [0.15, 0.2) is 23.2 Å². The molecule has 3 nitrogen and oxygen atoms in total. The number of methoxy groups -OCH3 is 1. The highest BCUT2D eigenvalue weighted by molar-refractivity contribution is 5.24. The molecule has 1 aliphatic heterocycles. The molecule has 2 unspecified atom stereocenters. The molecule has 1 heterocycles. The lowest BCUT2D eigenvalue weighted by Crippen LogP contribution is -2.34. The molecule has 0 aromatic rings. The van der Waals surface area contributed by atoms with Crippen molar-refractivity contribution in [3.05, 3.63) is 23.2 Å². The van der Waals surface area contributed by atoms with Crippen LogP contribution in [0.1, 0.15) is 72.1 Å². The summed E-state index contributed by atoms with van der Waals surface area (Å²) in [6, 6.07) is 0. The van der Waals surface area contributed by atoms with E-state index in [4.69, 9.17) is 14.2 Å². The summed E-state index contributed by atoms with van der Waals surface area (Å²) in [6.45, 7) is 6.46. The summed E-state index contributed by atoms with van der Waals surface area (Å²) in [5, 5.41) is 0. The van der Waals surface area contributed by atoms with Crippen LogP contribution in [0.2, 0.25) is 0 Å². The first-order valence-corrected chi connectivity index (χ1v) is 10.5. The van der Waals surface area contributed by atoms with Gasteiger partial charge in [-0.25, -0.2) is 0 Å². The zero-order valence-electron chi connectivity index (χ0n) is 17.4. The highest BCUT2D eigenvalue weighted by Crippen LogP contribution is 2.38. The van der Waals surface area contributed by atoms with Gasteiger partial charge in [-0.1, -0.05) is 33.1 Å². The van der Waals surface area contributed by atoms with Gasteiger partial charge in [0.05, 0.1) is 19.8 Å². The van der Waals surface area contributed by atoms with E-state index in [2.05, 4.69) is 6.92 Å². The highest BCUT2D eigenvalue weighted by atomic mass is 19.2. The van der Waals surface area contributed by atoms with Crippen LogP contribution in [0.25, 0.3) is 0 Å². The minimum absolute atomic E-state index is 0.00926. The van der Waals surface area contributed by atoms with Gasteiger partial charge >= 0.3 is 0 Å². The lowest BCUT2D eigenvalue weighted by molar-refractivity contribution is -0.0659. The van der Waals surface area contributed by atoms with E-state index in [0.29, 0.717) is 5.92 Å². The van der Waals surface area contributed by atoms with Gasteiger partial charge in [0, 0.05) is 6.42 Å². The standard InChI is InChI=1S/C22H36F2O3/c1-5-16-7-9-17(10-8-16)18-11-12-19(27-13-18)14-26-15(3)21(23)22(24)20(6-2)25-4/h16-19H,5-14H2,1-4H3/b21-15-,22-20-. The quantitative estimate of drug-likeness (QED) is 0.354. The molecule has 2 rings (SSSR count). The van der Waals surface area contributed by atoms with Crippen LogP contribution in [0.3, 0.4) is 0 Å². The maximum absolute atomic E-state index is 14.1. The van der Waals surface area contributed by atoms with E-state index in [0.717, 1.165) is 31.3 Å². The van der Waals surface area contributed by atoms with Gasteiger partial charge < -0.3 is 14.2 Å². The molecule has 27 heavy (non-hydrogen) atoms. The molecular formula is C22H36F2O3. The third-order valence-corrected chi connectivity index (χ3v) is 6.34. The van der Waals surface area contributed by atoms with E-state index < -0.39 is 11.7 Å². The summed E-state index contributed by atoms with van der Waals surface area (Å²) in [6.07, 6.45) is 8.96. The molecule has 0 spiro atoms. The molecule has 0 bridgehead atoms. The Morgan fingerprint density at radius 3 is 2.15 bits per heavy atom. The normalized spacial score (nSPS) is 31.0. The average molecular weight is 387 g/mol. The van der Waals surface area contributed by atoms with Crippen molar-refractivity contribution in [3.63, 3.8) is 0 Å². The van der Waals surface area contributed by atoms with Gasteiger partial charge in [0.15, 0.2) is 11.7 Å². The highest BCUT2D eigenvalue weighted by Gasteiger charge is 2.31. The predicted molar refractivity (Wildman–Crippen MR) is 103 cm³/mol. The maximum Gasteiger partial charge on any atom is 0.199 e. The van der Waals surface area contributed by atoms with Gasteiger partial charge in [-0.2, -0.15) is 8.78 Å². The Morgan fingerprint density at radius 1 is 0.963 bits per heavy atom. The summed E-state index contributed by atoms with van der Waals surface area (Å²) < 4.78 is 44.4. The Bertz CT molecular complexity index is 508. The van der Waals surface area contributed by atoms with E-state index in [-0.39, 0.29) is 30.6 Å². The van der Waals surface area contributed by atoms with Gasteiger partial charge in [-0.05, 0) is 50.4 Å². The number of rotatable bonds is 8. The first-order valence-electron chi connectivity index (χ1n) is 10.5.